The maximum atomic E-state index is 13.2. The maximum absolute atomic E-state index is 13.2. The second kappa shape index (κ2) is 11.0. The highest BCUT2D eigenvalue weighted by Crippen LogP contribution is 2.35. The summed E-state index contributed by atoms with van der Waals surface area (Å²) < 4.78 is 25.1. The zero-order valence-electron chi connectivity index (χ0n) is 21.8. The van der Waals surface area contributed by atoms with E-state index in [1.54, 1.807) is 11.7 Å². The van der Waals surface area contributed by atoms with Gasteiger partial charge in [-0.2, -0.15) is 0 Å². The Morgan fingerprint density at radius 2 is 1.77 bits per heavy atom. The third kappa shape index (κ3) is 6.00. The lowest BCUT2D eigenvalue weighted by atomic mass is 10.00. The van der Waals surface area contributed by atoms with E-state index in [1.165, 1.54) is 0 Å². The van der Waals surface area contributed by atoms with E-state index in [4.69, 9.17) is 28.9 Å². The molecule has 0 bridgehead atoms. The van der Waals surface area contributed by atoms with Gasteiger partial charge in [-0.05, 0) is 80.2 Å². The molecule has 2 atom stereocenters. The summed E-state index contributed by atoms with van der Waals surface area (Å²) in [5.74, 6) is 2.08. The van der Waals surface area contributed by atoms with Crippen LogP contribution in [0, 0.1) is 5.92 Å². The summed E-state index contributed by atoms with van der Waals surface area (Å²) in [7, 11) is 1.62. The average Bonchev–Trinajstić information content (AvgIpc) is 3.04. The number of hydrogen-bond acceptors (Lipinski definition) is 7. The van der Waals surface area contributed by atoms with Crippen molar-refractivity contribution in [3.8, 4) is 5.75 Å². The second-order valence-corrected chi connectivity index (χ2v) is 10.4. The van der Waals surface area contributed by atoms with Crippen LogP contribution in [-0.4, -0.2) is 60.5 Å². The predicted molar refractivity (Wildman–Crippen MR) is 142 cm³/mol. The Morgan fingerprint density at radius 1 is 1.11 bits per heavy atom. The molecule has 8 nitrogen and oxygen atoms in total. The topological polar surface area (TPSA) is 83.6 Å². The molecule has 1 aliphatic heterocycles. The highest BCUT2D eigenvalue weighted by molar-refractivity contribution is 9.10. The first-order chi connectivity index (χ1) is 16.5. The predicted octanol–water partition coefficient (Wildman–Crippen LogP) is 6.01. The van der Waals surface area contributed by atoms with Crippen LogP contribution < -0.4 is 4.74 Å². The van der Waals surface area contributed by atoms with E-state index in [9.17, 15) is 4.79 Å². The van der Waals surface area contributed by atoms with Gasteiger partial charge in [0.15, 0.2) is 0 Å². The van der Waals surface area contributed by atoms with Crippen molar-refractivity contribution < 1.29 is 23.7 Å². The van der Waals surface area contributed by atoms with Crippen LogP contribution in [0.25, 0.3) is 10.9 Å². The van der Waals surface area contributed by atoms with Gasteiger partial charge < -0.3 is 18.9 Å². The fraction of sp³-hybridized carbons (Fsp3) is 0.577. The number of benzene rings is 1. The van der Waals surface area contributed by atoms with Gasteiger partial charge in [0.25, 0.3) is 0 Å². The van der Waals surface area contributed by atoms with Crippen LogP contribution in [0.5, 0.6) is 5.75 Å². The molecule has 1 unspecified atom stereocenters. The molecular weight excluding hydrogens is 514 g/mol. The monoisotopic (exact) mass is 549 g/mol. The first-order valence-electron chi connectivity index (χ1n) is 12.0. The van der Waals surface area contributed by atoms with Crippen molar-refractivity contribution in [1.29, 1.82) is 0 Å². The molecule has 0 saturated heterocycles. The molecule has 1 aliphatic rings. The van der Waals surface area contributed by atoms with Crippen molar-refractivity contribution >= 4 is 44.7 Å². The van der Waals surface area contributed by atoms with Gasteiger partial charge in [0.2, 0.25) is 11.8 Å². The summed E-state index contributed by atoms with van der Waals surface area (Å²) in [5.41, 5.74) is 0.951. The van der Waals surface area contributed by atoms with Crippen molar-refractivity contribution in [2.45, 2.75) is 72.6 Å². The summed E-state index contributed by atoms with van der Waals surface area (Å²) >= 11 is 3.68. The summed E-state index contributed by atoms with van der Waals surface area (Å²) in [6, 6.07) is 5.01. The van der Waals surface area contributed by atoms with E-state index in [-0.39, 0.29) is 12.0 Å². The highest BCUT2D eigenvalue weighted by atomic mass is 79.9. The van der Waals surface area contributed by atoms with Crippen LogP contribution in [0.3, 0.4) is 0 Å². The number of ether oxygens (including phenoxy) is 4. The molecule has 0 N–H and O–H groups in total. The fourth-order valence-corrected chi connectivity index (χ4v) is 4.70. The number of carbonyl (C=O) groups is 1. The molecule has 1 aromatic heterocycles. The molecule has 35 heavy (non-hydrogen) atoms. The van der Waals surface area contributed by atoms with E-state index < -0.39 is 17.7 Å². The van der Waals surface area contributed by atoms with Crippen molar-refractivity contribution in [3.63, 3.8) is 0 Å². The normalized spacial score (nSPS) is 18.3. The van der Waals surface area contributed by atoms with E-state index in [0.29, 0.717) is 47.3 Å². The molecule has 2 aromatic rings. The number of carbonyl (C=O) groups excluding carboxylic acids is 1. The lowest BCUT2D eigenvalue weighted by Gasteiger charge is -2.28. The lowest BCUT2D eigenvalue weighted by molar-refractivity contribution is 0.0540. The van der Waals surface area contributed by atoms with Crippen LogP contribution in [-0.2, 0) is 20.6 Å². The molecule has 192 valence electrons. The zero-order chi connectivity index (χ0) is 25.9. The Labute approximate surface area is 215 Å². The molecule has 0 saturated carbocycles. The van der Waals surface area contributed by atoms with Crippen molar-refractivity contribution in [2.24, 2.45) is 15.9 Å². The molecule has 3 rings (SSSR count). The largest absolute Gasteiger partial charge is 0.497 e. The first-order valence-corrected chi connectivity index (χ1v) is 12.8. The number of rotatable bonds is 6. The Bertz CT molecular complexity index is 1130. The van der Waals surface area contributed by atoms with Gasteiger partial charge >= 0.3 is 6.09 Å². The van der Waals surface area contributed by atoms with Crippen LogP contribution in [0.2, 0.25) is 0 Å². The Morgan fingerprint density at radius 3 is 2.34 bits per heavy atom. The molecule has 0 fully saturated rings. The van der Waals surface area contributed by atoms with Crippen LogP contribution in [0.1, 0.15) is 54.0 Å². The van der Waals surface area contributed by atoms with Gasteiger partial charge in [0.05, 0.1) is 30.4 Å². The van der Waals surface area contributed by atoms with Gasteiger partial charge in [0, 0.05) is 11.8 Å². The molecule has 0 spiro atoms. The van der Waals surface area contributed by atoms with Gasteiger partial charge in [-0.3, -0.25) is 0 Å². The molecule has 0 radical (unpaired) electrons. The SMILES string of the molecule is CCOC1=N[C@H](C(C)C)C(OCC)=NC1Cc1c(Br)n(C(=O)OC(C)(C)C)c2ccc(OC)cc12. The molecule has 2 heterocycles. The third-order valence-corrected chi connectivity index (χ3v) is 6.33. The third-order valence-electron chi connectivity index (χ3n) is 5.49. The number of aliphatic imine (C=N–C) groups is 2. The number of aromatic nitrogens is 1. The van der Waals surface area contributed by atoms with Gasteiger partial charge in [-0.15, -0.1) is 0 Å². The van der Waals surface area contributed by atoms with Crippen molar-refractivity contribution in [1.82, 2.24) is 4.57 Å². The summed E-state index contributed by atoms with van der Waals surface area (Å²) in [4.78, 5) is 23.0. The molecule has 9 heteroatoms. The van der Waals surface area contributed by atoms with E-state index in [2.05, 4.69) is 29.8 Å². The summed E-state index contributed by atoms with van der Waals surface area (Å²) in [6.07, 6.45) is -0.0215. The summed E-state index contributed by atoms with van der Waals surface area (Å²) in [6.45, 7) is 14.6. The number of nitrogens with zero attached hydrogens (tertiary/aromatic N) is 3. The van der Waals surface area contributed by atoms with Crippen molar-refractivity contribution in [2.75, 3.05) is 20.3 Å². The molecular formula is C26H36BrN3O5. The number of hydrogen-bond donors (Lipinski definition) is 0. The minimum absolute atomic E-state index is 0.195. The van der Waals surface area contributed by atoms with Gasteiger partial charge in [0.1, 0.15) is 23.4 Å². The number of fused-ring (bicyclic) bond motifs is 1. The van der Waals surface area contributed by atoms with E-state index in [0.717, 1.165) is 10.9 Å². The Balaban J connectivity index is 2.13. The van der Waals surface area contributed by atoms with Crippen molar-refractivity contribution in [3.05, 3.63) is 28.4 Å². The van der Waals surface area contributed by atoms with Crippen LogP contribution in [0.4, 0.5) is 4.79 Å². The maximum Gasteiger partial charge on any atom is 0.419 e. The van der Waals surface area contributed by atoms with Crippen LogP contribution >= 0.6 is 15.9 Å². The fourth-order valence-electron chi connectivity index (χ4n) is 3.99. The van der Waals surface area contributed by atoms with Gasteiger partial charge in [-0.1, -0.05) is 13.8 Å². The van der Waals surface area contributed by atoms with Gasteiger partial charge in [-0.25, -0.2) is 19.3 Å². The Hall–Kier alpha value is -2.55. The Kier molecular flexibility index (Phi) is 8.51. The van der Waals surface area contributed by atoms with E-state index >= 15 is 0 Å². The summed E-state index contributed by atoms with van der Waals surface area (Å²) in [5, 5.41) is 0.858. The lowest BCUT2D eigenvalue weighted by Crippen LogP contribution is -2.39. The molecule has 0 aliphatic carbocycles. The zero-order valence-corrected chi connectivity index (χ0v) is 23.4. The van der Waals surface area contributed by atoms with Crippen LogP contribution in [0.15, 0.2) is 32.8 Å². The molecule has 0 amide bonds. The minimum Gasteiger partial charge on any atom is -0.497 e. The minimum atomic E-state index is -0.638. The van der Waals surface area contributed by atoms with E-state index in [1.807, 2.05) is 52.8 Å². The number of halogens is 1. The standard InChI is InChI=1S/C26H36BrN3O5/c1-9-33-23-19(28-24(34-10-2)21(29-23)15(3)4)14-18-17-13-16(32-8)11-12-20(17)30(22(18)27)25(31)35-26(5,6)7/h11-13,15,19,21H,9-10,14H2,1-8H3/t19?,21-/m1/s1. The average molecular weight is 550 g/mol. The highest BCUT2D eigenvalue weighted by Gasteiger charge is 2.34. The first kappa shape index (κ1) is 27.0. The quantitative estimate of drug-likeness (QED) is 0.440. The molecule has 1 aromatic carbocycles. The number of methoxy groups -OCH3 is 1. The second-order valence-electron chi connectivity index (χ2n) is 9.68. The smallest absolute Gasteiger partial charge is 0.419 e.